The topological polar surface area (TPSA) is 0 Å². The van der Waals surface area contributed by atoms with E-state index in [0.29, 0.717) is 0 Å². The van der Waals surface area contributed by atoms with Gasteiger partial charge in [0.05, 0.1) is 5.75 Å². The largest absolute Gasteiger partial charge is 0.119 e. The normalized spacial score (nSPS) is 10.9. The Hall–Kier alpha value is 1.26. The highest BCUT2D eigenvalue weighted by atomic mass is 33.5. The summed E-state index contributed by atoms with van der Waals surface area (Å²) < 4.78 is -1.26. The van der Waals surface area contributed by atoms with Crippen LogP contribution in [0.4, 0.5) is 0 Å². The molecule has 10 heavy (non-hydrogen) atoms. The Morgan fingerprint density at radius 2 is 2.00 bits per heavy atom. The third-order valence-electron chi connectivity index (χ3n) is 0.753. The van der Waals surface area contributed by atoms with Crippen molar-refractivity contribution >= 4 is 49.6 Å². The van der Waals surface area contributed by atoms with Gasteiger partial charge < -0.3 is 0 Å². The van der Waals surface area contributed by atoms with Crippen molar-refractivity contribution in [2.24, 2.45) is 0 Å². The molecule has 0 rings (SSSR count). The van der Waals surface area contributed by atoms with Crippen LogP contribution in [-0.2, 0) is 11.8 Å². The van der Waals surface area contributed by atoms with E-state index in [4.69, 9.17) is 18.2 Å². The van der Waals surface area contributed by atoms with Gasteiger partial charge in [0.1, 0.15) is 3.64 Å². The van der Waals surface area contributed by atoms with Crippen molar-refractivity contribution in [2.75, 3.05) is 18.3 Å². The predicted molar refractivity (Wildman–Crippen MR) is 62.6 cm³/mol. The van der Waals surface area contributed by atoms with Crippen molar-refractivity contribution in [1.29, 1.82) is 0 Å². The lowest BCUT2D eigenvalue weighted by atomic mass is 10.8. The van der Waals surface area contributed by atoms with E-state index in [1.54, 1.807) is 34.1 Å². The van der Waals surface area contributed by atoms with E-state index in [1.165, 1.54) is 0 Å². The van der Waals surface area contributed by atoms with Crippen LogP contribution in [0.2, 0.25) is 0 Å². The van der Waals surface area contributed by atoms with Crippen LogP contribution in [0.25, 0.3) is 0 Å². The Balaban J connectivity index is 3.85. The molecule has 0 aromatic rings. The fourth-order valence-electron chi connectivity index (χ4n) is 0.296. The summed E-state index contributed by atoms with van der Waals surface area (Å²) in [5, 5.41) is 0. The van der Waals surface area contributed by atoms with E-state index in [9.17, 15) is 0 Å². The Bertz CT molecular complexity index is 163. The second-order valence-electron chi connectivity index (χ2n) is 1.29. The quantitative estimate of drug-likeness (QED) is 0.534. The maximum atomic E-state index is 5.37. The molecule has 58 valence electrons. The average Bonchev–Trinajstić information content (AvgIpc) is 2.00. The van der Waals surface area contributed by atoms with E-state index in [1.807, 2.05) is 0 Å². The minimum Gasteiger partial charge on any atom is -0.119 e. The Morgan fingerprint density at radius 1 is 1.50 bits per heavy atom. The zero-order valence-electron chi connectivity index (χ0n) is 5.86. The zero-order valence-corrected chi connectivity index (χ0v) is 10.0. The summed E-state index contributed by atoms with van der Waals surface area (Å²) in [7, 11) is 0. The zero-order chi connectivity index (χ0) is 8.04. The van der Waals surface area contributed by atoms with Crippen molar-refractivity contribution in [1.82, 2.24) is 0 Å². The molecule has 0 radical (unpaired) electrons. The van der Waals surface area contributed by atoms with Crippen molar-refractivity contribution in [3.8, 4) is 12.3 Å². The van der Waals surface area contributed by atoms with E-state index >= 15 is 0 Å². The molecule has 0 saturated heterocycles. The molecule has 0 aliphatic carbocycles. The lowest BCUT2D eigenvalue weighted by Gasteiger charge is -2.13. The molecule has 0 nitrogen and oxygen atoms in total. The first-order chi connectivity index (χ1) is 4.68. The van der Waals surface area contributed by atoms with Gasteiger partial charge in [0.15, 0.2) is 0 Å². The van der Waals surface area contributed by atoms with E-state index in [0.717, 1.165) is 5.75 Å². The van der Waals surface area contributed by atoms with E-state index < -0.39 is 3.64 Å². The van der Waals surface area contributed by atoms with Gasteiger partial charge >= 0.3 is 0 Å². The molecule has 0 aliphatic heterocycles. The predicted octanol–water partition coefficient (Wildman–Crippen LogP) is 3.30. The van der Waals surface area contributed by atoms with Crippen molar-refractivity contribution in [2.45, 2.75) is 0 Å². The SMILES string of the molecule is C#CCSP(=S)(SC)SC. The fourth-order valence-corrected chi connectivity index (χ4v) is 7.33. The molecule has 0 spiro atoms. The smallest absolute Gasteiger partial charge is 0.109 e. The van der Waals surface area contributed by atoms with Crippen molar-refractivity contribution in [3.05, 3.63) is 0 Å². The monoisotopic (exact) mass is 228 g/mol. The van der Waals surface area contributed by atoms with Gasteiger partial charge in [0.25, 0.3) is 0 Å². The van der Waals surface area contributed by atoms with Crippen LogP contribution in [0.1, 0.15) is 0 Å². The highest BCUT2D eigenvalue weighted by Gasteiger charge is 2.12. The lowest BCUT2D eigenvalue weighted by Crippen LogP contribution is -1.66. The maximum absolute atomic E-state index is 5.37. The van der Waals surface area contributed by atoms with Gasteiger partial charge in [-0.3, -0.25) is 0 Å². The lowest BCUT2D eigenvalue weighted by molar-refractivity contribution is 1.99. The molecule has 0 N–H and O–H groups in total. The van der Waals surface area contributed by atoms with Crippen molar-refractivity contribution < 1.29 is 0 Å². The first-order valence-electron chi connectivity index (χ1n) is 2.48. The summed E-state index contributed by atoms with van der Waals surface area (Å²) in [5.74, 6) is 3.34. The highest BCUT2D eigenvalue weighted by Crippen LogP contribution is 2.76. The van der Waals surface area contributed by atoms with E-state index in [2.05, 4.69) is 18.4 Å². The number of terminal acetylenes is 1. The van der Waals surface area contributed by atoms with Gasteiger partial charge in [0.2, 0.25) is 0 Å². The number of hydrogen-bond acceptors (Lipinski definition) is 4. The molecule has 0 aromatic carbocycles. The standard InChI is InChI=1S/C5H9PS4/c1-4-5-10-6(7,8-2)9-3/h1H,5H2,2-3H3. The van der Waals surface area contributed by atoms with Crippen LogP contribution in [0.3, 0.4) is 0 Å². The van der Waals surface area contributed by atoms with Crippen molar-refractivity contribution in [3.63, 3.8) is 0 Å². The second-order valence-corrected chi connectivity index (χ2v) is 17.2. The summed E-state index contributed by atoms with van der Waals surface area (Å²) in [4.78, 5) is 0. The van der Waals surface area contributed by atoms with Gasteiger partial charge in [-0.2, -0.15) is 0 Å². The summed E-state index contributed by atoms with van der Waals surface area (Å²) in [6.45, 7) is 0. The molecule has 0 saturated carbocycles. The molecule has 0 heterocycles. The molecule has 0 amide bonds. The molecular weight excluding hydrogens is 219 g/mol. The number of hydrogen-bond donors (Lipinski definition) is 0. The van der Waals surface area contributed by atoms with Crippen LogP contribution in [0.5, 0.6) is 0 Å². The Morgan fingerprint density at radius 3 is 2.30 bits per heavy atom. The summed E-state index contributed by atoms with van der Waals surface area (Å²) in [6.07, 6.45) is 9.24. The average molecular weight is 228 g/mol. The molecule has 0 unspecified atom stereocenters. The minimum absolute atomic E-state index is 0.749. The van der Waals surface area contributed by atoms with Crippen LogP contribution in [-0.4, -0.2) is 18.3 Å². The highest BCUT2D eigenvalue weighted by molar-refractivity contribution is 9.22. The van der Waals surface area contributed by atoms with Gasteiger partial charge in [0, 0.05) is 0 Å². The first-order valence-corrected chi connectivity index (χ1v) is 10.5. The van der Waals surface area contributed by atoms with Crippen LogP contribution in [0, 0.1) is 12.3 Å². The third-order valence-corrected chi connectivity index (χ3v) is 17.2. The summed E-state index contributed by atoms with van der Waals surface area (Å²) >= 11 is 10.7. The Labute approximate surface area is 79.9 Å². The van der Waals surface area contributed by atoms with E-state index in [-0.39, 0.29) is 0 Å². The molecular formula is C5H9PS4. The third kappa shape index (κ3) is 4.20. The minimum atomic E-state index is -1.26. The van der Waals surface area contributed by atoms with Crippen LogP contribution in [0.15, 0.2) is 0 Å². The molecule has 0 aliphatic rings. The van der Waals surface area contributed by atoms with Gasteiger partial charge in [-0.1, -0.05) is 29.1 Å². The molecule has 5 heteroatoms. The summed E-state index contributed by atoms with van der Waals surface area (Å²) in [5.41, 5.74) is 0. The van der Waals surface area contributed by atoms with Gasteiger partial charge in [-0.25, -0.2) is 0 Å². The van der Waals surface area contributed by atoms with Crippen LogP contribution >= 0.6 is 37.8 Å². The fraction of sp³-hybridized carbons (Fsp3) is 0.600. The molecule has 0 fully saturated rings. The summed E-state index contributed by atoms with van der Waals surface area (Å²) in [6, 6.07) is 0. The Kier molecular flexibility index (Phi) is 6.59. The van der Waals surface area contributed by atoms with Gasteiger partial charge in [-0.05, 0) is 12.5 Å². The molecule has 0 aromatic heterocycles. The maximum Gasteiger partial charge on any atom is 0.109 e. The van der Waals surface area contributed by atoms with Gasteiger partial charge in [-0.15, -0.1) is 29.2 Å². The molecule has 0 atom stereocenters. The second kappa shape index (κ2) is 5.85. The number of rotatable bonds is 4. The molecule has 0 bridgehead atoms. The van der Waals surface area contributed by atoms with Crippen LogP contribution < -0.4 is 0 Å². The first kappa shape index (κ1) is 11.3.